The molecule has 2 amide bonds. The van der Waals surface area contributed by atoms with Crippen molar-refractivity contribution in [2.24, 2.45) is 5.41 Å². The number of para-hydroxylation sites is 1. The van der Waals surface area contributed by atoms with Gasteiger partial charge in [-0.2, -0.15) is 0 Å². The van der Waals surface area contributed by atoms with Gasteiger partial charge in [-0.15, -0.1) is 0 Å². The Morgan fingerprint density at radius 2 is 1.65 bits per heavy atom. The van der Waals surface area contributed by atoms with Gasteiger partial charge in [-0.05, 0) is 37.0 Å². The first-order valence-corrected chi connectivity index (χ1v) is 12.4. The average Bonchev–Trinajstić information content (AvgIpc) is 3.22. The van der Waals surface area contributed by atoms with E-state index in [4.69, 9.17) is 0 Å². The maximum Gasteiger partial charge on any atom is 0.242 e. The zero-order chi connectivity index (χ0) is 24.7. The Balaban J connectivity index is 1.79. The third-order valence-corrected chi connectivity index (χ3v) is 6.21. The zero-order valence-corrected chi connectivity index (χ0v) is 21.4. The molecule has 3 rings (SSSR count). The number of hydrogen-bond acceptors (Lipinski definition) is 2. The topological polar surface area (TPSA) is 56.4 Å². The molecule has 5 heteroatoms. The van der Waals surface area contributed by atoms with Crippen molar-refractivity contribution in [2.75, 3.05) is 19.6 Å². The maximum atomic E-state index is 13.6. The lowest BCUT2D eigenvalue weighted by Crippen LogP contribution is -2.47. The van der Waals surface area contributed by atoms with Crippen LogP contribution in [0.25, 0.3) is 10.9 Å². The van der Waals surface area contributed by atoms with Gasteiger partial charge in [0.25, 0.3) is 0 Å². The molecule has 0 aliphatic carbocycles. The number of amides is 2. The smallest absolute Gasteiger partial charge is 0.242 e. The molecule has 1 heterocycles. The summed E-state index contributed by atoms with van der Waals surface area (Å²) in [5.41, 5.74) is 4.09. The van der Waals surface area contributed by atoms with E-state index in [1.165, 1.54) is 16.5 Å². The Labute approximate surface area is 204 Å². The van der Waals surface area contributed by atoms with Crippen molar-refractivity contribution >= 4 is 22.7 Å². The summed E-state index contributed by atoms with van der Waals surface area (Å²) in [6.07, 6.45) is 4.66. The molecular formula is C29H39N3O2. The summed E-state index contributed by atoms with van der Waals surface area (Å²) >= 11 is 0. The maximum absolute atomic E-state index is 13.6. The highest BCUT2D eigenvalue weighted by Gasteiger charge is 2.29. The van der Waals surface area contributed by atoms with Gasteiger partial charge >= 0.3 is 0 Å². The van der Waals surface area contributed by atoms with Crippen LogP contribution >= 0.6 is 0 Å². The molecule has 5 nitrogen and oxygen atoms in total. The van der Waals surface area contributed by atoms with Crippen molar-refractivity contribution in [3.8, 4) is 0 Å². The number of nitrogens with zero attached hydrogens (tertiary/aromatic N) is 2. The molecular weight excluding hydrogens is 422 g/mol. The van der Waals surface area contributed by atoms with Gasteiger partial charge in [0.15, 0.2) is 0 Å². The summed E-state index contributed by atoms with van der Waals surface area (Å²) < 4.78 is 0. The highest BCUT2D eigenvalue weighted by atomic mass is 16.2. The standard InChI is InChI=1S/C29H39N3O2/c1-6-7-17-32(28(34)29(3,4)5)21-27(33)31(20-23-14-12-22(2)13-15-23)18-16-24-19-30-26-11-9-8-10-25(24)26/h8-15,19,30H,6-7,16-18,20-21H2,1-5H3. The summed E-state index contributed by atoms with van der Waals surface area (Å²) in [6, 6.07) is 16.6. The number of benzene rings is 2. The van der Waals surface area contributed by atoms with Gasteiger partial charge in [0.2, 0.25) is 11.8 Å². The number of hydrogen-bond donors (Lipinski definition) is 1. The normalized spacial score (nSPS) is 11.6. The molecule has 2 aromatic carbocycles. The lowest BCUT2D eigenvalue weighted by Gasteiger charge is -2.31. The second-order valence-electron chi connectivity index (χ2n) is 10.2. The minimum Gasteiger partial charge on any atom is -0.361 e. The molecule has 3 aromatic rings. The second-order valence-corrected chi connectivity index (χ2v) is 10.2. The quantitative estimate of drug-likeness (QED) is 0.420. The van der Waals surface area contributed by atoms with Crippen molar-refractivity contribution < 1.29 is 9.59 Å². The molecule has 0 radical (unpaired) electrons. The first kappa shape index (κ1) is 25.5. The number of aromatic amines is 1. The molecule has 182 valence electrons. The minimum absolute atomic E-state index is 0.00545. The van der Waals surface area contributed by atoms with Crippen LogP contribution in [0.1, 0.15) is 57.2 Å². The molecule has 0 aliphatic heterocycles. The van der Waals surface area contributed by atoms with E-state index < -0.39 is 5.41 Å². The van der Waals surface area contributed by atoms with Gasteiger partial charge in [0.05, 0.1) is 6.54 Å². The second kappa shape index (κ2) is 11.4. The third kappa shape index (κ3) is 6.72. The van der Waals surface area contributed by atoms with Gasteiger partial charge in [-0.3, -0.25) is 9.59 Å². The van der Waals surface area contributed by atoms with E-state index in [1.54, 1.807) is 4.90 Å². The largest absolute Gasteiger partial charge is 0.361 e. The Hall–Kier alpha value is -3.08. The van der Waals surface area contributed by atoms with Crippen LogP contribution in [0.15, 0.2) is 54.7 Å². The van der Waals surface area contributed by atoms with Crippen LogP contribution in [-0.4, -0.2) is 46.2 Å². The molecule has 0 saturated carbocycles. The van der Waals surface area contributed by atoms with Gasteiger partial charge < -0.3 is 14.8 Å². The number of aromatic nitrogens is 1. The summed E-state index contributed by atoms with van der Waals surface area (Å²) in [5, 5.41) is 1.19. The fourth-order valence-electron chi connectivity index (χ4n) is 4.14. The van der Waals surface area contributed by atoms with Crippen molar-refractivity contribution in [3.63, 3.8) is 0 Å². The van der Waals surface area contributed by atoms with Gasteiger partial charge in [-0.25, -0.2) is 0 Å². The van der Waals surface area contributed by atoms with Crippen molar-refractivity contribution in [2.45, 2.75) is 60.4 Å². The molecule has 0 atom stereocenters. The van der Waals surface area contributed by atoms with E-state index in [0.29, 0.717) is 19.6 Å². The molecule has 0 fully saturated rings. The Morgan fingerprint density at radius 1 is 0.941 bits per heavy atom. The number of carbonyl (C=O) groups excluding carboxylic acids is 2. The first-order valence-electron chi connectivity index (χ1n) is 12.4. The number of fused-ring (bicyclic) bond motifs is 1. The summed E-state index contributed by atoms with van der Waals surface area (Å²) in [4.78, 5) is 33.6. The highest BCUT2D eigenvalue weighted by Crippen LogP contribution is 2.20. The minimum atomic E-state index is -0.514. The van der Waals surface area contributed by atoms with Crippen LogP contribution in [0.4, 0.5) is 0 Å². The Kier molecular flexibility index (Phi) is 8.54. The first-order chi connectivity index (χ1) is 16.2. The summed E-state index contributed by atoms with van der Waals surface area (Å²) in [5.74, 6) is 0.0235. The zero-order valence-electron chi connectivity index (χ0n) is 21.4. The molecule has 0 aliphatic rings. The van der Waals surface area contributed by atoms with E-state index in [2.05, 4.69) is 55.2 Å². The van der Waals surface area contributed by atoms with Crippen LogP contribution in [0.2, 0.25) is 0 Å². The number of unbranched alkanes of at least 4 members (excludes halogenated alkanes) is 1. The van der Waals surface area contributed by atoms with Crippen molar-refractivity contribution in [3.05, 3.63) is 71.4 Å². The van der Waals surface area contributed by atoms with Crippen LogP contribution in [-0.2, 0) is 22.6 Å². The van der Waals surface area contributed by atoms with Gasteiger partial charge in [0.1, 0.15) is 0 Å². The fraction of sp³-hybridized carbons (Fsp3) is 0.448. The summed E-state index contributed by atoms with van der Waals surface area (Å²) in [7, 11) is 0. The molecule has 0 bridgehead atoms. The molecule has 1 aromatic heterocycles. The average molecular weight is 462 g/mol. The summed E-state index contributed by atoms with van der Waals surface area (Å²) in [6.45, 7) is 11.8. The molecule has 0 saturated heterocycles. The van der Waals surface area contributed by atoms with Gasteiger partial charge in [0, 0.05) is 42.1 Å². The third-order valence-electron chi connectivity index (χ3n) is 6.21. The molecule has 1 N–H and O–H groups in total. The number of nitrogens with one attached hydrogen (secondary N) is 1. The molecule has 0 unspecified atom stereocenters. The van der Waals surface area contributed by atoms with Crippen LogP contribution in [0.3, 0.4) is 0 Å². The lowest BCUT2D eigenvalue weighted by molar-refractivity contribution is -0.145. The SMILES string of the molecule is CCCCN(CC(=O)N(CCc1c[nH]c2ccccc12)Cc1ccc(C)cc1)C(=O)C(C)(C)C. The lowest BCUT2D eigenvalue weighted by atomic mass is 9.94. The van der Waals surface area contributed by atoms with E-state index in [0.717, 1.165) is 30.3 Å². The van der Waals surface area contributed by atoms with Crippen molar-refractivity contribution in [1.82, 2.24) is 14.8 Å². The number of aryl methyl sites for hydroxylation is 1. The Bertz CT molecular complexity index is 1090. The monoisotopic (exact) mass is 461 g/mol. The fourth-order valence-corrected chi connectivity index (χ4v) is 4.14. The molecule has 34 heavy (non-hydrogen) atoms. The Morgan fingerprint density at radius 3 is 2.32 bits per heavy atom. The van der Waals surface area contributed by atoms with Crippen molar-refractivity contribution in [1.29, 1.82) is 0 Å². The van der Waals surface area contributed by atoms with Crippen LogP contribution < -0.4 is 0 Å². The predicted molar refractivity (Wildman–Crippen MR) is 140 cm³/mol. The van der Waals surface area contributed by atoms with Crippen LogP contribution in [0, 0.1) is 12.3 Å². The van der Waals surface area contributed by atoms with Gasteiger partial charge in [-0.1, -0.05) is 82.1 Å². The van der Waals surface area contributed by atoms with E-state index in [9.17, 15) is 9.59 Å². The van der Waals surface area contributed by atoms with Crippen LogP contribution in [0.5, 0.6) is 0 Å². The number of rotatable bonds is 10. The highest BCUT2D eigenvalue weighted by molar-refractivity contribution is 5.87. The number of carbonyl (C=O) groups is 2. The van der Waals surface area contributed by atoms with E-state index >= 15 is 0 Å². The van der Waals surface area contributed by atoms with E-state index in [1.807, 2.05) is 44.0 Å². The molecule has 0 spiro atoms. The predicted octanol–water partition coefficient (Wildman–Crippen LogP) is 5.72. The number of H-pyrrole nitrogens is 1. The van der Waals surface area contributed by atoms with E-state index in [-0.39, 0.29) is 18.4 Å².